The number of nitrogens with zero attached hydrogens (tertiary/aromatic N) is 2. The van der Waals surface area contributed by atoms with Crippen molar-refractivity contribution in [2.45, 2.75) is 19.0 Å². The summed E-state index contributed by atoms with van der Waals surface area (Å²) in [7, 11) is -3.65. The quantitative estimate of drug-likeness (QED) is 0.484. The van der Waals surface area contributed by atoms with Gasteiger partial charge in [0.15, 0.2) is 5.69 Å². The van der Waals surface area contributed by atoms with E-state index in [1.807, 2.05) is 13.0 Å². The van der Waals surface area contributed by atoms with Gasteiger partial charge in [-0.3, -0.25) is 0 Å². The number of ether oxygens (including phenoxy) is 1. The van der Waals surface area contributed by atoms with Crippen LogP contribution in [0.25, 0.3) is 0 Å². The van der Waals surface area contributed by atoms with Crippen molar-refractivity contribution in [3.8, 4) is 5.75 Å². The highest BCUT2D eigenvalue weighted by Gasteiger charge is 2.21. The van der Waals surface area contributed by atoms with Crippen LogP contribution in [0.5, 0.6) is 5.75 Å². The van der Waals surface area contributed by atoms with Crippen LogP contribution in [0.1, 0.15) is 21.6 Å². The summed E-state index contributed by atoms with van der Waals surface area (Å²) < 4.78 is 28.1. The molecule has 116 valence electrons. The molecule has 1 aromatic carbocycles. The number of hydrogen-bond donors (Lipinski definition) is 0. The Balaban J connectivity index is 2.37. The van der Waals surface area contributed by atoms with E-state index in [1.165, 1.54) is 0 Å². The van der Waals surface area contributed by atoms with Gasteiger partial charge in [-0.2, -0.15) is 0 Å². The lowest BCUT2D eigenvalue weighted by Crippen LogP contribution is -2.15. The van der Waals surface area contributed by atoms with Crippen LogP contribution in [-0.4, -0.2) is 30.6 Å². The Kier molecular flexibility index (Phi) is 4.48. The normalized spacial score (nSPS) is 11.3. The second-order valence-electron chi connectivity index (χ2n) is 4.78. The van der Waals surface area contributed by atoms with Crippen LogP contribution >= 0.6 is 11.6 Å². The maximum absolute atomic E-state index is 12.2. The molecular weight excluding hydrogens is 328 g/mol. The van der Waals surface area contributed by atoms with Gasteiger partial charge in [0.1, 0.15) is 5.75 Å². The molecule has 6 nitrogen and oxygen atoms in total. The van der Waals surface area contributed by atoms with Crippen molar-refractivity contribution in [3.63, 3.8) is 0 Å². The first-order valence-corrected chi connectivity index (χ1v) is 8.47. The van der Waals surface area contributed by atoms with Gasteiger partial charge in [-0.1, -0.05) is 29.3 Å². The number of benzene rings is 1. The molecule has 0 fully saturated rings. The molecule has 22 heavy (non-hydrogen) atoms. The van der Waals surface area contributed by atoms with Crippen molar-refractivity contribution >= 4 is 27.4 Å². The third kappa shape index (κ3) is 3.61. The Morgan fingerprint density at radius 2 is 1.95 bits per heavy atom. The van der Waals surface area contributed by atoms with Gasteiger partial charge in [0, 0.05) is 6.26 Å². The highest BCUT2D eigenvalue weighted by atomic mass is 35.5. The molecule has 1 heterocycles. The fourth-order valence-electron chi connectivity index (χ4n) is 1.73. The number of halogens is 1. The molecule has 0 spiro atoms. The molecule has 2 aromatic rings. The van der Waals surface area contributed by atoms with E-state index in [4.69, 9.17) is 16.3 Å². The van der Waals surface area contributed by atoms with E-state index in [0.717, 1.165) is 23.6 Å². The molecular formula is C14H13ClN2O4S. The first-order valence-electron chi connectivity index (χ1n) is 6.20. The van der Waals surface area contributed by atoms with Crippen molar-refractivity contribution in [3.05, 3.63) is 46.2 Å². The molecule has 0 bridgehead atoms. The number of carbonyl (C=O) groups excluding carboxylic acids is 1. The zero-order valence-corrected chi connectivity index (χ0v) is 13.7. The Hall–Kier alpha value is -1.99. The van der Waals surface area contributed by atoms with E-state index in [1.54, 1.807) is 19.1 Å². The number of aryl methyl sites for hydroxylation is 2. The highest BCUT2D eigenvalue weighted by Crippen LogP contribution is 2.22. The molecule has 0 saturated carbocycles. The lowest BCUT2D eigenvalue weighted by molar-refractivity contribution is 0.0726. The third-order valence-corrected chi connectivity index (χ3v) is 3.92. The average Bonchev–Trinajstić information content (AvgIpc) is 2.41. The number of hydrogen-bond acceptors (Lipinski definition) is 6. The lowest BCUT2D eigenvalue weighted by atomic mass is 10.1. The third-order valence-electron chi connectivity index (χ3n) is 2.78. The summed E-state index contributed by atoms with van der Waals surface area (Å²) in [4.78, 5) is 19.4. The molecule has 8 heteroatoms. The molecule has 0 N–H and O–H groups in total. The summed E-state index contributed by atoms with van der Waals surface area (Å²) in [6, 6.07) is 5.29. The minimum atomic E-state index is -3.65. The Morgan fingerprint density at radius 3 is 2.55 bits per heavy atom. The van der Waals surface area contributed by atoms with E-state index in [-0.39, 0.29) is 10.7 Å². The number of sulfone groups is 1. The average molecular weight is 341 g/mol. The molecule has 0 unspecified atom stereocenters. The number of carbonyl (C=O) groups is 1. The smallest absolute Gasteiger partial charge is 0.364 e. The molecule has 0 aliphatic rings. The Morgan fingerprint density at radius 1 is 1.27 bits per heavy atom. The van der Waals surface area contributed by atoms with Gasteiger partial charge in [-0.15, -0.1) is 0 Å². The molecule has 0 atom stereocenters. The van der Waals surface area contributed by atoms with Gasteiger partial charge in [0.05, 0.1) is 11.2 Å². The first-order chi connectivity index (χ1) is 10.2. The van der Waals surface area contributed by atoms with Gasteiger partial charge in [0.25, 0.3) is 0 Å². The summed E-state index contributed by atoms with van der Waals surface area (Å²) >= 11 is 5.85. The van der Waals surface area contributed by atoms with Gasteiger partial charge in [0.2, 0.25) is 15.0 Å². The van der Waals surface area contributed by atoms with Crippen molar-refractivity contribution in [2.24, 2.45) is 0 Å². The molecule has 0 aliphatic heterocycles. The van der Waals surface area contributed by atoms with Crippen LogP contribution in [0.2, 0.25) is 5.02 Å². The summed E-state index contributed by atoms with van der Waals surface area (Å²) in [5, 5.41) is -0.563. The molecule has 1 aromatic heterocycles. The van der Waals surface area contributed by atoms with Crippen molar-refractivity contribution in [1.29, 1.82) is 0 Å². The van der Waals surface area contributed by atoms with Crippen LogP contribution in [0.15, 0.2) is 29.6 Å². The lowest BCUT2D eigenvalue weighted by Gasteiger charge is -2.09. The van der Waals surface area contributed by atoms with Gasteiger partial charge >= 0.3 is 5.97 Å². The molecule has 2 rings (SSSR count). The van der Waals surface area contributed by atoms with Crippen molar-refractivity contribution in [1.82, 2.24) is 9.97 Å². The fraction of sp³-hybridized carbons (Fsp3) is 0.214. The maximum atomic E-state index is 12.2. The minimum absolute atomic E-state index is 0.0813. The SMILES string of the molecule is Cc1ccc(OC(=O)c2nc(S(C)(=O)=O)ncc2Cl)c(C)c1. The standard InChI is InChI=1S/C14H13ClN2O4S/c1-8-4-5-11(9(2)6-8)21-13(18)12-10(15)7-16-14(17-12)22(3,19)20/h4-7H,1-3H3. The molecule has 0 radical (unpaired) electrons. The zero-order valence-electron chi connectivity index (χ0n) is 12.1. The second-order valence-corrected chi connectivity index (χ2v) is 7.10. The van der Waals surface area contributed by atoms with Crippen LogP contribution in [-0.2, 0) is 9.84 Å². The summed E-state index contributed by atoms with van der Waals surface area (Å²) in [5.74, 6) is -0.490. The topological polar surface area (TPSA) is 86.2 Å². The van der Waals surface area contributed by atoms with Crippen molar-refractivity contribution < 1.29 is 17.9 Å². The zero-order chi connectivity index (χ0) is 16.5. The molecule has 0 amide bonds. The predicted molar refractivity (Wildman–Crippen MR) is 81.0 cm³/mol. The second kappa shape index (κ2) is 6.02. The minimum Gasteiger partial charge on any atom is -0.421 e. The number of esters is 1. The van der Waals surface area contributed by atoms with Gasteiger partial charge < -0.3 is 4.74 Å². The fourth-order valence-corrected chi connectivity index (χ4v) is 2.40. The largest absolute Gasteiger partial charge is 0.421 e. The first kappa shape index (κ1) is 16.4. The van der Waals surface area contributed by atoms with Crippen LogP contribution in [0.3, 0.4) is 0 Å². The predicted octanol–water partition coefficient (Wildman–Crippen LogP) is 2.37. The monoisotopic (exact) mass is 340 g/mol. The van der Waals surface area contributed by atoms with Crippen LogP contribution in [0, 0.1) is 13.8 Å². The number of aromatic nitrogens is 2. The summed E-state index contributed by atoms with van der Waals surface area (Å²) in [6.07, 6.45) is 2.00. The summed E-state index contributed by atoms with van der Waals surface area (Å²) in [5.41, 5.74) is 1.50. The molecule has 0 aliphatic carbocycles. The van der Waals surface area contributed by atoms with Crippen LogP contribution < -0.4 is 4.74 Å². The van der Waals surface area contributed by atoms with Crippen molar-refractivity contribution in [2.75, 3.05) is 6.26 Å². The molecule has 0 saturated heterocycles. The number of rotatable bonds is 3. The summed E-state index contributed by atoms with van der Waals surface area (Å²) in [6.45, 7) is 3.71. The van der Waals surface area contributed by atoms with E-state index in [9.17, 15) is 13.2 Å². The van der Waals surface area contributed by atoms with Crippen LogP contribution in [0.4, 0.5) is 0 Å². The van der Waals surface area contributed by atoms with E-state index in [0.29, 0.717) is 5.75 Å². The van der Waals surface area contributed by atoms with E-state index in [2.05, 4.69) is 9.97 Å². The van der Waals surface area contributed by atoms with Gasteiger partial charge in [-0.25, -0.2) is 23.2 Å². The Labute approximate surface area is 133 Å². The maximum Gasteiger partial charge on any atom is 0.364 e. The van der Waals surface area contributed by atoms with E-state index < -0.39 is 21.0 Å². The highest BCUT2D eigenvalue weighted by molar-refractivity contribution is 7.90. The van der Waals surface area contributed by atoms with E-state index >= 15 is 0 Å². The van der Waals surface area contributed by atoms with Gasteiger partial charge in [-0.05, 0) is 25.5 Å². The Bertz CT molecular complexity index is 850.